The van der Waals surface area contributed by atoms with Crippen LogP contribution >= 0.6 is 0 Å². The minimum absolute atomic E-state index is 0.276. The Morgan fingerprint density at radius 3 is 2.41 bits per heavy atom. The third-order valence-corrected chi connectivity index (χ3v) is 5.92. The molecule has 7 heteroatoms. The zero-order valence-corrected chi connectivity index (χ0v) is 20.0. The van der Waals surface area contributed by atoms with Gasteiger partial charge in [-0.05, 0) is 43.8 Å². The molecule has 1 heterocycles. The van der Waals surface area contributed by atoms with Crippen LogP contribution in [-0.4, -0.2) is 76.8 Å². The van der Waals surface area contributed by atoms with Gasteiger partial charge in [0.15, 0.2) is 5.96 Å². The van der Waals surface area contributed by atoms with Crippen LogP contribution in [0.3, 0.4) is 0 Å². The standard InChI is InChI=1S/C25H37N5O2/c1-26-25(27-16-24(29(2)3)20-9-7-6-8-10-20)28-21-11-12-30(18-21)17-19-13-22(31-4)15-23(14-19)32-5/h6-10,13-15,21,24H,11-12,16-18H2,1-5H3,(H2,26,27,28). The molecule has 0 aliphatic carbocycles. The van der Waals surface area contributed by atoms with Gasteiger partial charge in [-0.25, -0.2) is 0 Å². The Kier molecular flexibility index (Phi) is 8.76. The van der Waals surface area contributed by atoms with Crippen molar-refractivity contribution in [2.45, 2.75) is 25.0 Å². The third-order valence-electron chi connectivity index (χ3n) is 5.92. The van der Waals surface area contributed by atoms with E-state index in [0.29, 0.717) is 6.04 Å². The van der Waals surface area contributed by atoms with E-state index in [9.17, 15) is 0 Å². The minimum atomic E-state index is 0.276. The maximum Gasteiger partial charge on any atom is 0.191 e. The normalized spacial score (nSPS) is 17.9. The van der Waals surface area contributed by atoms with Gasteiger partial charge in [0.05, 0.1) is 20.3 Å². The average Bonchev–Trinajstić information content (AvgIpc) is 3.25. The summed E-state index contributed by atoms with van der Waals surface area (Å²) >= 11 is 0. The van der Waals surface area contributed by atoms with Crippen LogP contribution in [0, 0.1) is 0 Å². The highest BCUT2D eigenvalue weighted by Crippen LogP contribution is 2.24. The van der Waals surface area contributed by atoms with E-state index < -0.39 is 0 Å². The van der Waals surface area contributed by atoms with E-state index in [2.05, 4.69) is 82.0 Å². The van der Waals surface area contributed by atoms with Gasteiger partial charge in [-0.2, -0.15) is 0 Å². The van der Waals surface area contributed by atoms with Crippen LogP contribution in [0.15, 0.2) is 53.5 Å². The average molecular weight is 440 g/mol. The lowest BCUT2D eigenvalue weighted by Crippen LogP contribution is -2.46. The lowest BCUT2D eigenvalue weighted by atomic mass is 10.1. The van der Waals surface area contributed by atoms with Gasteiger partial charge < -0.3 is 25.0 Å². The first-order chi connectivity index (χ1) is 15.5. The van der Waals surface area contributed by atoms with Crippen molar-refractivity contribution in [1.82, 2.24) is 20.4 Å². The molecular weight excluding hydrogens is 402 g/mol. The van der Waals surface area contributed by atoms with Crippen molar-refractivity contribution in [3.8, 4) is 11.5 Å². The highest BCUT2D eigenvalue weighted by molar-refractivity contribution is 5.80. The summed E-state index contributed by atoms with van der Waals surface area (Å²) < 4.78 is 10.8. The Morgan fingerprint density at radius 1 is 1.12 bits per heavy atom. The predicted molar refractivity (Wildman–Crippen MR) is 131 cm³/mol. The van der Waals surface area contributed by atoms with Gasteiger partial charge in [-0.1, -0.05) is 30.3 Å². The summed E-state index contributed by atoms with van der Waals surface area (Å²) in [6.07, 6.45) is 1.08. The molecule has 2 N–H and O–H groups in total. The van der Waals surface area contributed by atoms with Crippen LogP contribution in [0.25, 0.3) is 0 Å². The van der Waals surface area contributed by atoms with Crippen molar-refractivity contribution in [2.24, 2.45) is 4.99 Å². The second-order valence-electron chi connectivity index (χ2n) is 8.43. The number of aliphatic imine (C=N–C) groups is 1. The molecule has 7 nitrogen and oxygen atoms in total. The molecule has 2 atom stereocenters. The number of guanidine groups is 1. The number of rotatable bonds is 9. The molecule has 1 aliphatic rings. The molecule has 2 unspecified atom stereocenters. The molecule has 0 spiro atoms. The van der Waals surface area contributed by atoms with Crippen LogP contribution in [0.5, 0.6) is 11.5 Å². The first-order valence-electron chi connectivity index (χ1n) is 11.1. The van der Waals surface area contributed by atoms with E-state index in [1.54, 1.807) is 14.2 Å². The molecule has 0 saturated carbocycles. The molecule has 0 radical (unpaired) electrons. The maximum absolute atomic E-state index is 5.41. The van der Waals surface area contributed by atoms with Crippen LogP contribution in [-0.2, 0) is 6.54 Å². The summed E-state index contributed by atoms with van der Waals surface area (Å²) in [5, 5.41) is 7.12. The molecule has 2 aromatic carbocycles. The first-order valence-corrected chi connectivity index (χ1v) is 11.1. The van der Waals surface area contributed by atoms with Gasteiger partial charge in [0.1, 0.15) is 11.5 Å². The number of nitrogens with one attached hydrogen (secondary N) is 2. The Labute approximate surface area is 192 Å². The lowest BCUT2D eigenvalue weighted by Gasteiger charge is -2.26. The zero-order valence-electron chi connectivity index (χ0n) is 20.0. The molecule has 0 amide bonds. The maximum atomic E-state index is 5.41. The summed E-state index contributed by atoms with van der Waals surface area (Å²) in [6.45, 7) is 3.67. The van der Waals surface area contributed by atoms with Crippen molar-refractivity contribution in [3.05, 3.63) is 59.7 Å². The van der Waals surface area contributed by atoms with E-state index in [1.165, 1.54) is 11.1 Å². The smallest absolute Gasteiger partial charge is 0.191 e. The van der Waals surface area contributed by atoms with Crippen LogP contribution in [0.2, 0.25) is 0 Å². The van der Waals surface area contributed by atoms with Crippen LogP contribution < -0.4 is 20.1 Å². The van der Waals surface area contributed by atoms with E-state index in [0.717, 1.165) is 50.1 Å². The number of methoxy groups -OCH3 is 2. The number of hydrogen-bond donors (Lipinski definition) is 2. The number of hydrogen-bond acceptors (Lipinski definition) is 5. The second kappa shape index (κ2) is 11.7. The summed E-state index contributed by atoms with van der Waals surface area (Å²) in [7, 11) is 9.42. The minimum Gasteiger partial charge on any atom is -0.497 e. The molecule has 0 bridgehead atoms. The summed E-state index contributed by atoms with van der Waals surface area (Å²) in [6, 6.07) is 17.3. The quantitative estimate of drug-likeness (QED) is 0.463. The summed E-state index contributed by atoms with van der Waals surface area (Å²) in [5.74, 6) is 2.50. The molecule has 32 heavy (non-hydrogen) atoms. The van der Waals surface area contributed by atoms with Gasteiger partial charge in [0, 0.05) is 45.3 Å². The zero-order chi connectivity index (χ0) is 22.9. The third kappa shape index (κ3) is 6.61. The van der Waals surface area contributed by atoms with Crippen molar-refractivity contribution < 1.29 is 9.47 Å². The summed E-state index contributed by atoms with van der Waals surface area (Å²) in [4.78, 5) is 9.14. The van der Waals surface area contributed by atoms with Gasteiger partial charge in [0.25, 0.3) is 0 Å². The number of nitrogens with zero attached hydrogens (tertiary/aromatic N) is 3. The fourth-order valence-electron chi connectivity index (χ4n) is 4.17. The largest absolute Gasteiger partial charge is 0.497 e. The van der Waals surface area contributed by atoms with Crippen molar-refractivity contribution >= 4 is 5.96 Å². The number of ether oxygens (including phenoxy) is 2. The molecule has 3 rings (SSSR count). The van der Waals surface area contributed by atoms with E-state index >= 15 is 0 Å². The number of likely N-dealkylation sites (tertiary alicyclic amines) is 1. The molecule has 174 valence electrons. The molecule has 2 aromatic rings. The Bertz CT molecular complexity index is 850. The fourth-order valence-corrected chi connectivity index (χ4v) is 4.17. The molecular formula is C25H37N5O2. The number of benzene rings is 2. The Balaban J connectivity index is 1.52. The van der Waals surface area contributed by atoms with Crippen molar-refractivity contribution in [3.63, 3.8) is 0 Å². The highest BCUT2D eigenvalue weighted by atomic mass is 16.5. The molecule has 0 aromatic heterocycles. The highest BCUT2D eigenvalue weighted by Gasteiger charge is 2.24. The Morgan fingerprint density at radius 2 is 1.81 bits per heavy atom. The van der Waals surface area contributed by atoms with Gasteiger partial charge in [0.2, 0.25) is 0 Å². The van der Waals surface area contributed by atoms with Crippen molar-refractivity contribution in [1.29, 1.82) is 0 Å². The number of likely N-dealkylation sites (N-methyl/N-ethyl adjacent to an activating group) is 1. The predicted octanol–water partition coefficient (Wildman–Crippen LogP) is 2.75. The van der Waals surface area contributed by atoms with E-state index in [-0.39, 0.29) is 6.04 Å². The first kappa shape index (κ1) is 23.9. The van der Waals surface area contributed by atoms with E-state index in [1.807, 2.05) is 13.1 Å². The van der Waals surface area contributed by atoms with Gasteiger partial charge in [-0.3, -0.25) is 9.89 Å². The molecule has 1 fully saturated rings. The fraction of sp³-hybridized carbons (Fsp3) is 0.480. The molecule has 1 saturated heterocycles. The summed E-state index contributed by atoms with van der Waals surface area (Å²) in [5.41, 5.74) is 2.49. The van der Waals surface area contributed by atoms with Crippen LogP contribution in [0.4, 0.5) is 0 Å². The van der Waals surface area contributed by atoms with Crippen LogP contribution in [0.1, 0.15) is 23.6 Å². The van der Waals surface area contributed by atoms with Gasteiger partial charge >= 0.3 is 0 Å². The monoisotopic (exact) mass is 439 g/mol. The van der Waals surface area contributed by atoms with Crippen molar-refractivity contribution in [2.75, 3.05) is 55.0 Å². The van der Waals surface area contributed by atoms with E-state index in [4.69, 9.17) is 9.47 Å². The molecule has 1 aliphatic heterocycles. The van der Waals surface area contributed by atoms with Gasteiger partial charge in [-0.15, -0.1) is 0 Å². The second-order valence-corrected chi connectivity index (χ2v) is 8.43. The topological polar surface area (TPSA) is 61.4 Å². The SMILES string of the molecule is CN=C(NCC(c1ccccc1)N(C)C)NC1CCN(Cc2cc(OC)cc(OC)c2)C1. The Hall–Kier alpha value is -2.77. The lowest BCUT2D eigenvalue weighted by molar-refractivity contribution is 0.297.